The second-order valence-electron chi connectivity index (χ2n) is 4.00. The predicted octanol–water partition coefficient (Wildman–Crippen LogP) is 0.596. The number of carbonyl (C=O) groups is 2. The first kappa shape index (κ1) is 14.6. The van der Waals surface area contributed by atoms with Crippen LogP contribution in [0.15, 0.2) is 24.3 Å². The predicted molar refractivity (Wildman–Crippen MR) is 70.4 cm³/mol. The van der Waals surface area contributed by atoms with Crippen molar-refractivity contribution in [2.24, 2.45) is 0 Å². The van der Waals surface area contributed by atoms with Crippen LogP contribution in [0.5, 0.6) is 0 Å². The summed E-state index contributed by atoms with van der Waals surface area (Å²) in [5.41, 5.74) is 1.42. The summed E-state index contributed by atoms with van der Waals surface area (Å²) in [6.45, 7) is 1.88. The number of benzene rings is 1. The topological polar surface area (TPSA) is 69.2 Å². The van der Waals surface area contributed by atoms with E-state index >= 15 is 0 Å². The van der Waals surface area contributed by atoms with Crippen LogP contribution < -0.4 is 10.4 Å². The van der Waals surface area contributed by atoms with Gasteiger partial charge in [-0.2, -0.15) is 11.8 Å². The van der Waals surface area contributed by atoms with E-state index in [1.807, 2.05) is 19.2 Å². The van der Waals surface area contributed by atoms with Crippen molar-refractivity contribution in [2.75, 3.05) is 12.0 Å². The number of thioether (sulfide) groups is 1. The number of carboxylic acids is 1. The Bertz CT molecular complexity index is 434. The van der Waals surface area contributed by atoms with Crippen LogP contribution >= 0.6 is 11.8 Å². The fraction of sp³-hybridized carbons (Fsp3) is 0.385. The summed E-state index contributed by atoms with van der Waals surface area (Å²) >= 11 is 1.53. The van der Waals surface area contributed by atoms with Gasteiger partial charge in [0, 0.05) is 5.56 Å². The second kappa shape index (κ2) is 7.06. The van der Waals surface area contributed by atoms with Crippen LogP contribution in [0.25, 0.3) is 0 Å². The van der Waals surface area contributed by atoms with Gasteiger partial charge in [-0.1, -0.05) is 17.7 Å². The molecule has 0 aliphatic rings. The molecule has 5 heteroatoms. The Morgan fingerprint density at radius 3 is 2.72 bits per heavy atom. The summed E-state index contributed by atoms with van der Waals surface area (Å²) in [6, 6.07) is 6.07. The van der Waals surface area contributed by atoms with E-state index in [0.29, 0.717) is 17.7 Å². The maximum Gasteiger partial charge on any atom is 0.251 e. The van der Waals surface area contributed by atoms with Crippen LogP contribution in [-0.4, -0.2) is 29.9 Å². The molecule has 98 valence electrons. The zero-order valence-corrected chi connectivity index (χ0v) is 11.3. The number of hydrogen-bond donors (Lipinski definition) is 1. The van der Waals surface area contributed by atoms with Gasteiger partial charge in [-0.05, 0) is 37.5 Å². The molecule has 1 N–H and O–H groups in total. The highest BCUT2D eigenvalue weighted by atomic mass is 32.2. The summed E-state index contributed by atoms with van der Waals surface area (Å²) in [4.78, 5) is 22.8. The van der Waals surface area contributed by atoms with E-state index in [-0.39, 0.29) is 5.91 Å². The molecule has 4 nitrogen and oxygen atoms in total. The number of carboxylic acid groups (broad SMARTS) is 1. The third kappa shape index (κ3) is 4.41. The van der Waals surface area contributed by atoms with E-state index in [0.717, 1.165) is 5.56 Å². The number of aryl methyl sites for hydroxylation is 1. The summed E-state index contributed by atoms with van der Waals surface area (Å²) in [7, 11) is 0. The van der Waals surface area contributed by atoms with Crippen LogP contribution in [0.1, 0.15) is 22.3 Å². The number of nitrogens with one attached hydrogen (secondary N) is 1. The first-order chi connectivity index (χ1) is 8.54. The minimum Gasteiger partial charge on any atom is -0.548 e. The number of rotatable bonds is 6. The number of hydrogen-bond acceptors (Lipinski definition) is 4. The zero-order valence-electron chi connectivity index (χ0n) is 10.4. The molecule has 1 aromatic carbocycles. The molecule has 0 aliphatic carbocycles. The first-order valence-electron chi connectivity index (χ1n) is 5.62. The molecule has 0 bridgehead atoms. The molecule has 1 rings (SSSR count). The van der Waals surface area contributed by atoms with Gasteiger partial charge in [0.05, 0.1) is 12.0 Å². The molecular weight excluding hydrogens is 250 g/mol. The van der Waals surface area contributed by atoms with Crippen LogP contribution in [0.3, 0.4) is 0 Å². The van der Waals surface area contributed by atoms with Gasteiger partial charge >= 0.3 is 0 Å². The molecule has 0 saturated heterocycles. The first-order valence-corrected chi connectivity index (χ1v) is 7.01. The van der Waals surface area contributed by atoms with Gasteiger partial charge in [0.15, 0.2) is 0 Å². The van der Waals surface area contributed by atoms with Crippen molar-refractivity contribution < 1.29 is 14.7 Å². The quantitative estimate of drug-likeness (QED) is 0.818. The summed E-state index contributed by atoms with van der Waals surface area (Å²) in [6.07, 6.45) is 2.25. The van der Waals surface area contributed by atoms with Crippen LogP contribution in [0.4, 0.5) is 0 Å². The Kier molecular flexibility index (Phi) is 5.71. The zero-order chi connectivity index (χ0) is 13.5. The maximum absolute atomic E-state index is 11.9. The van der Waals surface area contributed by atoms with Crippen LogP contribution in [0, 0.1) is 6.92 Å². The summed E-state index contributed by atoms with van der Waals surface area (Å²) in [5, 5.41) is 13.4. The van der Waals surface area contributed by atoms with Gasteiger partial charge in [-0.25, -0.2) is 0 Å². The lowest BCUT2D eigenvalue weighted by Gasteiger charge is -2.19. The molecule has 0 spiro atoms. The average molecular weight is 266 g/mol. The normalized spacial score (nSPS) is 11.9. The molecular formula is C13H16NO3S-. The third-order valence-electron chi connectivity index (χ3n) is 2.48. The van der Waals surface area contributed by atoms with Gasteiger partial charge in [0.25, 0.3) is 5.91 Å². The Balaban J connectivity index is 2.69. The Morgan fingerprint density at radius 2 is 2.17 bits per heavy atom. The van der Waals surface area contributed by atoms with E-state index in [2.05, 4.69) is 5.32 Å². The molecule has 0 radical (unpaired) electrons. The fourth-order valence-electron chi connectivity index (χ4n) is 1.51. The minimum absolute atomic E-state index is 0.362. The van der Waals surface area contributed by atoms with E-state index < -0.39 is 12.0 Å². The molecule has 0 heterocycles. The van der Waals surface area contributed by atoms with Gasteiger partial charge < -0.3 is 15.2 Å². The van der Waals surface area contributed by atoms with Crippen LogP contribution in [0.2, 0.25) is 0 Å². The SMILES string of the molecule is CSCC[C@H](NC(=O)c1cccc(C)c1)C(=O)[O-]. The van der Waals surface area contributed by atoms with Gasteiger partial charge in [0.1, 0.15) is 0 Å². The molecule has 0 aromatic heterocycles. The monoisotopic (exact) mass is 266 g/mol. The molecule has 1 atom stereocenters. The lowest BCUT2D eigenvalue weighted by Crippen LogP contribution is -2.48. The Hall–Kier alpha value is -1.49. The van der Waals surface area contributed by atoms with Gasteiger partial charge in [-0.3, -0.25) is 4.79 Å². The minimum atomic E-state index is -1.25. The lowest BCUT2D eigenvalue weighted by molar-refractivity contribution is -0.308. The van der Waals surface area contributed by atoms with Crippen molar-refractivity contribution in [3.8, 4) is 0 Å². The van der Waals surface area contributed by atoms with Crippen molar-refractivity contribution in [2.45, 2.75) is 19.4 Å². The summed E-state index contributed by atoms with van der Waals surface area (Å²) in [5.74, 6) is -0.966. The van der Waals surface area contributed by atoms with E-state index in [4.69, 9.17) is 0 Å². The molecule has 1 aromatic rings. The molecule has 0 saturated carbocycles. The van der Waals surface area contributed by atoms with Gasteiger partial charge in [0.2, 0.25) is 0 Å². The Morgan fingerprint density at radius 1 is 1.44 bits per heavy atom. The lowest BCUT2D eigenvalue weighted by atomic mass is 10.1. The van der Waals surface area contributed by atoms with Crippen molar-refractivity contribution in [1.82, 2.24) is 5.32 Å². The largest absolute Gasteiger partial charge is 0.548 e. The molecule has 18 heavy (non-hydrogen) atoms. The molecule has 0 fully saturated rings. The maximum atomic E-state index is 11.9. The van der Waals surface area contributed by atoms with Crippen molar-refractivity contribution in [3.05, 3.63) is 35.4 Å². The average Bonchev–Trinajstić information content (AvgIpc) is 2.33. The molecule has 0 aliphatic heterocycles. The smallest absolute Gasteiger partial charge is 0.251 e. The second-order valence-corrected chi connectivity index (χ2v) is 4.98. The van der Waals surface area contributed by atoms with E-state index in [1.54, 1.807) is 18.2 Å². The number of amides is 1. The number of aliphatic carboxylic acids is 1. The van der Waals surface area contributed by atoms with Crippen molar-refractivity contribution >= 4 is 23.6 Å². The highest BCUT2D eigenvalue weighted by Gasteiger charge is 2.14. The molecule has 1 amide bonds. The summed E-state index contributed by atoms with van der Waals surface area (Å²) < 4.78 is 0. The van der Waals surface area contributed by atoms with E-state index in [9.17, 15) is 14.7 Å². The van der Waals surface area contributed by atoms with E-state index in [1.165, 1.54) is 11.8 Å². The standard InChI is InChI=1S/C13H17NO3S/c1-9-4-3-5-10(8-9)12(15)14-11(13(16)17)6-7-18-2/h3-5,8,11H,6-7H2,1-2H3,(H,14,15)(H,16,17)/p-1/t11-/m0/s1. The van der Waals surface area contributed by atoms with Gasteiger partial charge in [-0.15, -0.1) is 0 Å². The third-order valence-corrected chi connectivity index (χ3v) is 3.12. The fourth-order valence-corrected chi connectivity index (χ4v) is 1.98. The Labute approximate surface area is 111 Å². The molecule has 0 unspecified atom stereocenters. The van der Waals surface area contributed by atoms with Crippen LogP contribution in [-0.2, 0) is 4.79 Å². The van der Waals surface area contributed by atoms with Crippen molar-refractivity contribution in [3.63, 3.8) is 0 Å². The highest BCUT2D eigenvalue weighted by molar-refractivity contribution is 7.98. The highest BCUT2D eigenvalue weighted by Crippen LogP contribution is 2.06. The van der Waals surface area contributed by atoms with Crippen molar-refractivity contribution in [1.29, 1.82) is 0 Å². The number of carbonyl (C=O) groups excluding carboxylic acids is 2.